The average Bonchev–Trinajstić information content (AvgIpc) is 2.94. The monoisotopic (exact) mass is 649 g/mol. The summed E-state index contributed by atoms with van der Waals surface area (Å²) in [6, 6.07) is 4.43. The van der Waals surface area contributed by atoms with Gasteiger partial charge in [0.15, 0.2) is 5.92 Å². The molecular weight excluding hydrogens is 598 g/mol. The van der Waals surface area contributed by atoms with E-state index in [-0.39, 0.29) is 37.4 Å². The Morgan fingerprint density at radius 1 is 0.804 bits per heavy atom. The summed E-state index contributed by atoms with van der Waals surface area (Å²) in [6.45, 7) is 14.3. The van der Waals surface area contributed by atoms with Crippen molar-refractivity contribution in [3.63, 3.8) is 0 Å². The van der Waals surface area contributed by atoms with E-state index in [0.717, 1.165) is 0 Å². The largest absolute Gasteiger partial charge is 0.462 e. The van der Waals surface area contributed by atoms with Gasteiger partial charge in [0, 0.05) is 18.3 Å². The Bertz CT molecular complexity index is 1150. The van der Waals surface area contributed by atoms with E-state index in [1.54, 1.807) is 52.0 Å². The molecule has 2 atom stereocenters. The van der Waals surface area contributed by atoms with Gasteiger partial charge in [-0.15, -0.1) is 0 Å². The second-order valence-electron chi connectivity index (χ2n) is 12.1. The van der Waals surface area contributed by atoms with Crippen LogP contribution in [0.2, 0.25) is 0 Å². The Morgan fingerprint density at radius 2 is 1.37 bits per heavy atom. The molecule has 46 heavy (non-hydrogen) atoms. The van der Waals surface area contributed by atoms with Gasteiger partial charge in [0.25, 0.3) is 0 Å². The predicted molar refractivity (Wildman–Crippen MR) is 171 cm³/mol. The Morgan fingerprint density at radius 3 is 1.85 bits per heavy atom. The molecule has 1 rings (SSSR count). The van der Waals surface area contributed by atoms with Crippen LogP contribution >= 0.6 is 0 Å². The van der Waals surface area contributed by atoms with Crippen LogP contribution in [0.25, 0.3) is 0 Å². The molecule has 0 heterocycles. The molecule has 1 aromatic carbocycles. The fourth-order valence-corrected chi connectivity index (χ4v) is 4.17. The predicted octanol–water partition coefficient (Wildman–Crippen LogP) is 2.53. The third kappa shape index (κ3) is 15.7. The molecule has 258 valence electrons. The quantitative estimate of drug-likeness (QED) is 0.0641. The van der Waals surface area contributed by atoms with E-state index >= 15 is 0 Å². The van der Waals surface area contributed by atoms with Gasteiger partial charge in [-0.25, -0.2) is 4.79 Å². The van der Waals surface area contributed by atoms with Crippen molar-refractivity contribution < 1.29 is 43.0 Å². The number of hydrogen-bond donors (Lipinski definition) is 5. The molecule has 6 N–H and O–H groups in total. The molecule has 0 bridgehead atoms. The van der Waals surface area contributed by atoms with Crippen molar-refractivity contribution in [1.82, 2.24) is 16.0 Å². The first-order valence-electron chi connectivity index (χ1n) is 15.6. The number of anilines is 1. The van der Waals surface area contributed by atoms with Gasteiger partial charge in [-0.3, -0.25) is 24.0 Å². The zero-order valence-corrected chi connectivity index (χ0v) is 28.1. The third-order valence-electron chi connectivity index (χ3n) is 6.33. The molecule has 0 saturated heterocycles. The van der Waals surface area contributed by atoms with Gasteiger partial charge in [-0.2, -0.15) is 0 Å². The van der Waals surface area contributed by atoms with Crippen molar-refractivity contribution in [2.24, 2.45) is 17.6 Å². The fraction of sp³-hybridized carbons (Fsp3) is 0.625. The summed E-state index contributed by atoms with van der Waals surface area (Å²) in [5.41, 5.74) is 6.14. The Kier molecular flexibility index (Phi) is 17.3. The molecule has 0 spiro atoms. The minimum absolute atomic E-state index is 0.0297. The topological polar surface area (TPSA) is 204 Å². The van der Waals surface area contributed by atoms with Crippen LogP contribution in [0.15, 0.2) is 24.3 Å². The number of ether oxygens (including phenoxy) is 3. The first-order chi connectivity index (χ1) is 21.5. The number of amides is 4. The zero-order chi connectivity index (χ0) is 35.0. The van der Waals surface area contributed by atoms with E-state index in [0.29, 0.717) is 17.7 Å². The lowest BCUT2D eigenvalue weighted by atomic mass is 10.0. The molecule has 0 saturated carbocycles. The lowest BCUT2D eigenvalue weighted by molar-refractivity contribution is -0.170. The standard InChI is InChI=1S/C32H51N5O9/c1-18(2)27(35-19(3)4)29(40)37-25(10-9-15-34-32(33)43)28(39)36-23-13-11-22(12-14-23)17-44-26(38)16-24(30(41)45-20(5)6)31(42)46-21(7)8/h11-14,18-21,24-25,27,35H,9-10,15-17H2,1-8H3,(H,36,39)(H,37,40)(H3,33,34,43)/t25-,27-/m0/s1. The maximum absolute atomic E-state index is 13.2. The van der Waals surface area contributed by atoms with Crippen LogP contribution in [-0.4, -0.2) is 72.6 Å². The van der Waals surface area contributed by atoms with E-state index in [1.165, 1.54) is 0 Å². The van der Waals surface area contributed by atoms with Gasteiger partial charge < -0.3 is 41.2 Å². The number of nitrogens with two attached hydrogens (primary N) is 1. The highest BCUT2D eigenvalue weighted by atomic mass is 16.6. The number of benzene rings is 1. The summed E-state index contributed by atoms with van der Waals surface area (Å²) >= 11 is 0. The van der Waals surface area contributed by atoms with Crippen LogP contribution in [0.1, 0.15) is 80.2 Å². The van der Waals surface area contributed by atoms with Gasteiger partial charge in [0.2, 0.25) is 11.8 Å². The van der Waals surface area contributed by atoms with Crippen LogP contribution in [0, 0.1) is 11.8 Å². The van der Waals surface area contributed by atoms with Gasteiger partial charge in [-0.05, 0) is 64.2 Å². The number of primary amides is 1. The molecule has 0 aliphatic rings. The molecule has 14 nitrogen and oxygen atoms in total. The smallest absolute Gasteiger partial charge is 0.321 e. The number of carbonyl (C=O) groups is 6. The van der Waals surface area contributed by atoms with Gasteiger partial charge in [0.05, 0.1) is 24.7 Å². The van der Waals surface area contributed by atoms with Crippen LogP contribution in [-0.2, 0) is 44.8 Å². The Balaban J connectivity index is 2.88. The number of nitrogens with one attached hydrogen (secondary N) is 4. The molecule has 0 fully saturated rings. The normalized spacial score (nSPS) is 12.5. The van der Waals surface area contributed by atoms with Gasteiger partial charge in [0.1, 0.15) is 12.6 Å². The molecule has 0 unspecified atom stereocenters. The van der Waals surface area contributed by atoms with E-state index < -0.39 is 66.5 Å². The van der Waals surface area contributed by atoms with Crippen molar-refractivity contribution in [2.45, 2.75) is 112 Å². The van der Waals surface area contributed by atoms with Gasteiger partial charge in [-0.1, -0.05) is 39.8 Å². The second-order valence-corrected chi connectivity index (χ2v) is 12.1. The lowest BCUT2D eigenvalue weighted by Crippen LogP contribution is -2.54. The Labute approximate surface area is 271 Å². The minimum atomic E-state index is -1.45. The van der Waals surface area contributed by atoms with Crippen LogP contribution < -0.4 is 27.0 Å². The third-order valence-corrected chi connectivity index (χ3v) is 6.33. The number of esters is 3. The van der Waals surface area contributed by atoms with Crippen molar-refractivity contribution in [3.05, 3.63) is 29.8 Å². The highest BCUT2D eigenvalue weighted by molar-refractivity contribution is 5.99. The highest BCUT2D eigenvalue weighted by Crippen LogP contribution is 2.16. The van der Waals surface area contributed by atoms with Gasteiger partial charge >= 0.3 is 23.9 Å². The molecule has 0 aromatic heterocycles. The summed E-state index contributed by atoms with van der Waals surface area (Å²) in [5.74, 6) is -4.78. The molecule has 4 amide bonds. The summed E-state index contributed by atoms with van der Waals surface area (Å²) in [4.78, 5) is 74.7. The summed E-state index contributed by atoms with van der Waals surface area (Å²) in [6.07, 6.45) is -0.880. The van der Waals surface area contributed by atoms with E-state index in [2.05, 4.69) is 21.3 Å². The minimum Gasteiger partial charge on any atom is -0.462 e. The highest BCUT2D eigenvalue weighted by Gasteiger charge is 2.34. The van der Waals surface area contributed by atoms with E-state index in [9.17, 15) is 28.8 Å². The summed E-state index contributed by atoms with van der Waals surface area (Å²) in [7, 11) is 0. The lowest BCUT2D eigenvalue weighted by Gasteiger charge is -2.27. The maximum atomic E-state index is 13.2. The first-order valence-corrected chi connectivity index (χ1v) is 15.6. The van der Waals surface area contributed by atoms with E-state index in [4.69, 9.17) is 19.9 Å². The Hall–Kier alpha value is -4.20. The first kappa shape index (κ1) is 39.8. The molecule has 0 radical (unpaired) electrons. The fourth-order valence-electron chi connectivity index (χ4n) is 4.17. The molecule has 1 aromatic rings. The SMILES string of the molecule is CC(C)N[C@H](C(=O)N[C@@H](CCCNC(N)=O)C(=O)Nc1ccc(COC(=O)CC(C(=O)OC(C)C)C(=O)OC(C)C)cc1)C(C)C. The summed E-state index contributed by atoms with van der Waals surface area (Å²) in [5, 5.41) is 11.3. The van der Waals surface area contributed by atoms with Crippen molar-refractivity contribution in [2.75, 3.05) is 11.9 Å². The van der Waals surface area contributed by atoms with Crippen molar-refractivity contribution in [3.8, 4) is 0 Å². The number of hydrogen-bond acceptors (Lipinski definition) is 10. The molecular formula is C32H51N5O9. The van der Waals surface area contributed by atoms with Crippen molar-refractivity contribution in [1.29, 1.82) is 0 Å². The van der Waals surface area contributed by atoms with Crippen molar-refractivity contribution >= 4 is 41.4 Å². The number of rotatable bonds is 19. The molecule has 0 aliphatic heterocycles. The maximum Gasteiger partial charge on any atom is 0.321 e. The molecule has 0 aliphatic carbocycles. The molecule has 14 heteroatoms. The van der Waals surface area contributed by atoms with Crippen LogP contribution in [0.3, 0.4) is 0 Å². The van der Waals surface area contributed by atoms with Crippen LogP contribution in [0.5, 0.6) is 0 Å². The second kappa shape index (κ2) is 20.0. The zero-order valence-electron chi connectivity index (χ0n) is 28.1. The van der Waals surface area contributed by atoms with Crippen LogP contribution in [0.4, 0.5) is 10.5 Å². The van der Waals surface area contributed by atoms with E-state index in [1.807, 2.05) is 27.7 Å². The average molecular weight is 650 g/mol. The number of carbonyl (C=O) groups excluding carboxylic acids is 6. The summed E-state index contributed by atoms with van der Waals surface area (Å²) < 4.78 is 15.5. The number of urea groups is 1.